The number of hydrogen-bond donors (Lipinski definition) is 1. The number of rotatable bonds is 4. The molecule has 1 saturated heterocycles. The molecule has 0 spiro atoms. The Balaban J connectivity index is 1.87. The van der Waals surface area contributed by atoms with Gasteiger partial charge in [-0.3, -0.25) is 9.59 Å². The number of nitrogens with zero attached hydrogens (tertiary/aromatic N) is 3. The van der Waals surface area contributed by atoms with E-state index in [0.29, 0.717) is 11.1 Å². The van der Waals surface area contributed by atoms with Gasteiger partial charge in [-0.1, -0.05) is 35.8 Å². The molecular formula is C18H20BrF2N4O2. The van der Waals surface area contributed by atoms with Crippen LogP contribution >= 0.6 is 15.9 Å². The molecule has 6 nitrogen and oxygen atoms in total. The summed E-state index contributed by atoms with van der Waals surface area (Å²) >= 11 is 3.35. The van der Waals surface area contributed by atoms with Crippen LogP contribution in [0, 0.1) is 0 Å². The first-order chi connectivity index (χ1) is 12.7. The van der Waals surface area contributed by atoms with Crippen molar-refractivity contribution in [1.29, 1.82) is 0 Å². The average Bonchev–Trinajstić information content (AvgIpc) is 2.56. The van der Waals surface area contributed by atoms with Crippen LogP contribution in [0.3, 0.4) is 0 Å². The molecule has 1 aromatic heterocycles. The third kappa shape index (κ3) is 4.52. The molecule has 2 aromatic rings. The summed E-state index contributed by atoms with van der Waals surface area (Å²) in [6.45, 7) is 3.20. The van der Waals surface area contributed by atoms with Gasteiger partial charge in [-0.2, -0.15) is 5.10 Å². The van der Waals surface area contributed by atoms with Crippen molar-refractivity contribution < 1.29 is 13.6 Å². The molecule has 1 amide bonds. The van der Waals surface area contributed by atoms with Gasteiger partial charge in [0, 0.05) is 28.9 Å². The molecule has 3 rings (SSSR count). The van der Waals surface area contributed by atoms with Crippen LogP contribution in [0.5, 0.6) is 0 Å². The third-order valence-electron chi connectivity index (χ3n) is 4.39. The van der Waals surface area contributed by atoms with E-state index in [1.165, 1.54) is 0 Å². The normalized spacial score (nSPS) is 19.4. The first kappa shape index (κ1) is 19.9. The Hall–Kier alpha value is -1.87. The van der Waals surface area contributed by atoms with Crippen LogP contribution in [0.1, 0.15) is 31.9 Å². The summed E-state index contributed by atoms with van der Waals surface area (Å²) in [5.41, 5.74) is 0.300. The maximum absolute atomic E-state index is 13.4. The number of piperidine rings is 1. The minimum atomic E-state index is -2.91. The number of carbonyl (C=O) groups excluding carboxylic acids is 1. The highest BCUT2D eigenvalue weighted by molar-refractivity contribution is 9.10. The van der Waals surface area contributed by atoms with Gasteiger partial charge < -0.3 is 5.32 Å². The number of carbonyl (C=O) groups is 1. The van der Waals surface area contributed by atoms with Crippen molar-refractivity contribution in [2.45, 2.75) is 44.7 Å². The van der Waals surface area contributed by atoms with Crippen LogP contribution in [0.25, 0.3) is 10.8 Å². The predicted octanol–water partition coefficient (Wildman–Crippen LogP) is 2.41. The van der Waals surface area contributed by atoms with E-state index in [1.807, 2.05) is 26.0 Å². The van der Waals surface area contributed by atoms with Gasteiger partial charge in [-0.05, 0) is 18.1 Å². The second-order valence-electron chi connectivity index (χ2n) is 7.08. The van der Waals surface area contributed by atoms with Crippen molar-refractivity contribution >= 4 is 32.6 Å². The lowest BCUT2D eigenvalue weighted by Gasteiger charge is -2.29. The van der Waals surface area contributed by atoms with E-state index in [1.54, 1.807) is 6.07 Å². The van der Waals surface area contributed by atoms with Crippen molar-refractivity contribution in [3.63, 3.8) is 0 Å². The number of halogens is 3. The molecule has 1 N–H and O–H groups in total. The van der Waals surface area contributed by atoms with Crippen LogP contribution in [0.4, 0.5) is 8.78 Å². The quantitative estimate of drug-likeness (QED) is 0.790. The lowest BCUT2D eigenvalue weighted by molar-refractivity contribution is -0.123. The zero-order valence-electron chi connectivity index (χ0n) is 15.0. The van der Waals surface area contributed by atoms with E-state index in [9.17, 15) is 18.4 Å². The zero-order valence-corrected chi connectivity index (χ0v) is 16.6. The van der Waals surface area contributed by atoms with E-state index in [-0.39, 0.29) is 19.0 Å². The Morgan fingerprint density at radius 1 is 1.41 bits per heavy atom. The number of benzene rings is 1. The SMILES string of the molecule is CC(C)c1nn(CC(=O)N[C@H]2C[N]CC(F)(F)C2)c(=O)c2cc(Br)ccc12. The molecule has 1 atom stereocenters. The fourth-order valence-electron chi connectivity index (χ4n) is 3.20. The summed E-state index contributed by atoms with van der Waals surface area (Å²) in [4.78, 5) is 25.1. The van der Waals surface area contributed by atoms with Gasteiger partial charge in [0.15, 0.2) is 0 Å². The van der Waals surface area contributed by atoms with E-state index in [2.05, 4.69) is 31.7 Å². The third-order valence-corrected chi connectivity index (χ3v) is 4.89. The molecule has 1 aliphatic rings. The molecule has 0 aliphatic carbocycles. The van der Waals surface area contributed by atoms with Crippen LogP contribution in [-0.2, 0) is 11.3 Å². The molecule has 145 valence electrons. The molecule has 1 fully saturated rings. The first-order valence-electron chi connectivity index (χ1n) is 8.67. The number of nitrogens with one attached hydrogen (secondary N) is 1. The largest absolute Gasteiger partial charge is 0.350 e. The minimum Gasteiger partial charge on any atom is -0.350 e. The molecule has 1 radical (unpaired) electrons. The Kier molecular flexibility index (Phi) is 5.62. The average molecular weight is 442 g/mol. The summed E-state index contributed by atoms with van der Waals surface area (Å²) in [5, 5.41) is 11.8. The highest BCUT2D eigenvalue weighted by Gasteiger charge is 2.37. The van der Waals surface area contributed by atoms with Crippen molar-refractivity contribution in [1.82, 2.24) is 20.4 Å². The van der Waals surface area contributed by atoms with E-state index < -0.39 is 36.4 Å². The second-order valence-corrected chi connectivity index (χ2v) is 8.00. The number of fused-ring (bicyclic) bond motifs is 1. The molecule has 9 heteroatoms. The van der Waals surface area contributed by atoms with Crippen LogP contribution in [0.15, 0.2) is 27.5 Å². The van der Waals surface area contributed by atoms with Crippen LogP contribution in [-0.4, -0.2) is 40.7 Å². The summed E-state index contributed by atoms with van der Waals surface area (Å²) < 4.78 is 28.7. The van der Waals surface area contributed by atoms with E-state index >= 15 is 0 Å². The number of hydrogen-bond acceptors (Lipinski definition) is 3. The summed E-state index contributed by atoms with van der Waals surface area (Å²) in [5.74, 6) is -3.41. The summed E-state index contributed by atoms with van der Waals surface area (Å²) in [6, 6.07) is 4.61. The standard InChI is InChI=1S/C18H20BrF2N4O2/c1-10(2)16-13-4-3-11(19)5-14(13)17(27)25(24-16)8-15(26)23-12-6-18(20,21)9-22-7-12/h3-5,10,12H,6-9H2,1-2H3,(H,23,26)/t12-/m1/s1. The van der Waals surface area contributed by atoms with Gasteiger partial charge in [0.1, 0.15) is 6.54 Å². The molecule has 0 bridgehead atoms. The molecular weight excluding hydrogens is 422 g/mol. The highest BCUT2D eigenvalue weighted by Crippen LogP contribution is 2.24. The number of aromatic nitrogens is 2. The van der Waals surface area contributed by atoms with Crippen molar-refractivity contribution in [3.05, 3.63) is 38.7 Å². The van der Waals surface area contributed by atoms with Gasteiger partial charge >= 0.3 is 0 Å². The van der Waals surface area contributed by atoms with Gasteiger partial charge in [-0.25, -0.2) is 18.8 Å². The number of amides is 1. The van der Waals surface area contributed by atoms with Crippen molar-refractivity contribution in [2.75, 3.05) is 13.1 Å². The van der Waals surface area contributed by atoms with Crippen molar-refractivity contribution in [3.8, 4) is 0 Å². The topological polar surface area (TPSA) is 78.1 Å². The maximum Gasteiger partial charge on any atom is 0.275 e. The lowest BCUT2D eigenvalue weighted by atomic mass is 10.0. The highest BCUT2D eigenvalue weighted by atomic mass is 79.9. The lowest BCUT2D eigenvalue weighted by Crippen LogP contribution is -2.51. The van der Waals surface area contributed by atoms with Gasteiger partial charge in [0.25, 0.3) is 11.5 Å². The predicted molar refractivity (Wildman–Crippen MR) is 101 cm³/mol. The van der Waals surface area contributed by atoms with E-state index in [4.69, 9.17) is 0 Å². The molecule has 0 unspecified atom stereocenters. The van der Waals surface area contributed by atoms with Gasteiger partial charge in [0.05, 0.1) is 17.6 Å². The number of alkyl halides is 2. The molecule has 27 heavy (non-hydrogen) atoms. The van der Waals surface area contributed by atoms with E-state index in [0.717, 1.165) is 14.5 Å². The Bertz CT molecular complexity index is 929. The van der Waals surface area contributed by atoms with Crippen LogP contribution in [0.2, 0.25) is 0 Å². The molecule has 2 heterocycles. The Morgan fingerprint density at radius 3 is 2.81 bits per heavy atom. The summed E-state index contributed by atoms with van der Waals surface area (Å²) in [6.07, 6.45) is -0.452. The molecule has 1 aliphatic heterocycles. The summed E-state index contributed by atoms with van der Waals surface area (Å²) in [7, 11) is 0. The smallest absolute Gasteiger partial charge is 0.275 e. The van der Waals surface area contributed by atoms with Gasteiger partial charge in [-0.15, -0.1) is 0 Å². The first-order valence-corrected chi connectivity index (χ1v) is 9.46. The zero-order chi connectivity index (χ0) is 19.8. The van der Waals surface area contributed by atoms with Gasteiger partial charge in [0.2, 0.25) is 5.91 Å². The molecule has 0 saturated carbocycles. The second kappa shape index (κ2) is 7.63. The Morgan fingerprint density at radius 2 is 2.15 bits per heavy atom. The fraction of sp³-hybridized carbons (Fsp3) is 0.500. The monoisotopic (exact) mass is 441 g/mol. The van der Waals surface area contributed by atoms with Crippen molar-refractivity contribution in [2.24, 2.45) is 0 Å². The van der Waals surface area contributed by atoms with Crippen LogP contribution < -0.4 is 16.2 Å². The minimum absolute atomic E-state index is 0.0411. The fourth-order valence-corrected chi connectivity index (χ4v) is 3.56. The molecule has 1 aromatic carbocycles. The Labute approximate surface area is 163 Å². The maximum atomic E-state index is 13.4.